The zero-order valence-electron chi connectivity index (χ0n) is 11.5. The lowest BCUT2D eigenvalue weighted by Crippen LogP contribution is -2.03. The summed E-state index contributed by atoms with van der Waals surface area (Å²) in [5.74, 6) is -0.880. The zero-order valence-corrected chi connectivity index (χ0v) is 11.5. The fraction of sp³-hybridized carbons (Fsp3) is 0.235. The molecular weight excluding hydrogens is 252 g/mol. The first-order valence-electron chi connectivity index (χ1n) is 6.61. The van der Waals surface area contributed by atoms with Crippen LogP contribution >= 0.6 is 0 Å². The molecule has 0 fully saturated rings. The van der Waals surface area contributed by atoms with Crippen molar-refractivity contribution in [2.75, 3.05) is 6.61 Å². The number of hydrogen-bond acceptors (Lipinski definition) is 2. The number of benzene rings is 2. The van der Waals surface area contributed by atoms with Crippen LogP contribution in [-0.4, -0.2) is 17.7 Å². The first kappa shape index (κ1) is 14.3. The van der Waals surface area contributed by atoms with E-state index in [9.17, 15) is 4.79 Å². The van der Waals surface area contributed by atoms with Crippen molar-refractivity contribution >= 4 is 5.97 Å². The summed E-state index contributed by atoms with van der Waals surface area (Å²) in [5.41, 5.74) is 3.41. The van der Waals surface area contributed by atoms with Crippen LogP contribution in [0.25, 0.3) is 0 Å². The molecule has 2 aromatic carbocycles. The standard InChI is InChI=1S/C17H18O3/c1-13-11-14(7-8-16(13)17(18)19)9-10-20-12-15-5-3-2-4-6-15/h2-8,11H,9-10,12H2,1H3,(H,18,19). The van der Waals surface area contributed by atoms with Gasteiger partial charge in [0.05, 0.1) is 18.8 Å². The molecule has 0 aromatic heterocycles. The molecule has 0 saturated carbocycles. The van der Waals surface area contributed by atoms with Crippen molar-refractivity contribution in [2.24, 2.45) is 0 Å². The van der Waals surface area contributed by atoms with Crippen molar-refractivity contribution in [1.29, 1.82) is 0 Å². The van der Waals surface area contributed by atoms with Gasteiger partial charge in [-0.05, 0) is 36.1 Å². The third kappa shape index (κ3) is 3.93. The van der Waals surface area contributed by atoms with Gasteiger partial charge in [-0.1, -0.05) is 42.5 Å². The molecule has 0 aliphatic rings. The Hall–Kier alpha value is -2.13. The highest BCUT2D eigenvalue weighted by atomic mass is 16.5. The van der Waals surface area contributed by atoms with Crippen molar-refractivity contribution in [3.05, 3.63) is 70.8 Å². The van der Waals surface area contributed by atoms with Gasteiger partial charge >= 0.3 is 5.97 Å². The van der Waals surface area contributed by atoms with Gasteiger partial charge in [-0.25, -0.2) is 4.79 Å². The third-order valence-corrected chi connectivity index (χ3v) is 3.17. The summed E-state index contributed by atoms with van der Waals surface area (Å²) < 4.78 is 5.62. The van der Waals surface area contributed by atoms with Gasteiger partial charge in [-0.3, -0.25) is 0 Å². The summed E-state index contributed by atoms with van der Waals surface area (Å²) in [6.07, 6.45) is 0.785. The molecule has 0 bridgehead atoms. The van der Waals surface area contributed by atoms with Crippen molar-refractivity contribution in [2.45, 2.75) is 20.0 Å². The largest absolute Gasteiger partial charge is 0.478 e. The normalized spacial score (nSPS) is 10.4. The Morgan fingerprint density at radius 1 is 1.10 bits per heavy atom. The van der Waals surface area contributed by atoms with Crippen molar-refractivity contribution in [3.63, 3.8) is 0 Å². The smallest absolute Gasteiger partial charge is 0.335 e. The number of ether oxygens (including phenoxy) is 1. The van der Waals surface area contributed by atoms with E-state index in [0.717, 1.165) is 23.1 Å². The molecular formula is C17H18O3. The van der Waals surface area contributed by atoms with E-state index in [0.29, 0.717) is 18.8 Å². The molecule has 2 rings (SSSR count). The molecule has 1 N–H and O–H groups in total. The van der Waals surface area contributed by atoms with Gasteiger partial charge in [0.1, 0.15) is 0 Å². The molecule has 20 heavy (non-hydrogen) atoms. The Kier molecular flexibility index (Phi) is 4.91. The number of carboxylic acid groups (broad SMARTS) is 1. The lowest BCUT2D eigenvalue weighted by atomic mass is 10.0. The first-order valence-corrected chi connectivity index (χ1v) is 6.61. The maximum atomic E-state index is 10.9. The molecule has 2 aromatic rings. The summed E-state index contributed by atoms with van der Waals surface area (Å²) in [4.78, 5) is 10.9. The van der Waals surface area contributed by atoms with Crippen LogP contribution in [0.4, 0.5) is 0 Å². The summed E-state index contributed by atoms with van der Waals surface area (Å²) in [6.45, 7) is 3.05. The topological polar surface area (TPSA) is 46.5 Å². The number of carboxylic acids is 1. The molecule has 0 atom stereocenters. The molecule has 3 nitrogen and oxygen atoms in total. The first-order chi connectivity index (χ1) is 9.66. The van der Waals surface area contributed by atoms with Gasteiger partial charge < -0.3 is 9.84 Å². The highest BCUT2D eigenvalue weighted by Gasteiger charge is 2.06. The lowest BCUT2D eigenvalue weighted by molar-refractivity contribution is 0.0696. The molecule has 0 saturated heterocycles. The van der Waals surface area contributed by atoms with Crippen molar-refractivity contribution in [3.8, 4) is 0 Å². The molecule has 0 heterocycles. The molecule has 3 heteroatoms. The van der Waals surface area contributed by atoms with Gasteiger partial charge in [0.25, 0.3) is 0 Å². The minimum atomic E-state index is -0.880. The average Bonchev–Trinajstić information content (AvgIpc) is 2.44. The highest BCUT2D eigenvalue weighted by molar-refractivity contribution is 5.89. The number of aromatic carboxylic acids is 1. The molecule has 0 unspecified atom stereocenters. The van der Waals surface area contributed by atoms with Crippen molar-refractivity contribution < 1.29 is 14.6 Å². The van der Waals surface area contributed by atoms with Gasteiger partial charge in [0.2, 0.25) is 0 Å². The van der Waals surface area contributed by atoms with Crippen LogP contribution in [0.2, 0.25) is 0 Å². The fourth-order valence-electron chi connectivity index (χ4n) is 2.08. The Bertz CT molecular complexity index is 576. The van der Waals surface area contributed by atoms with E-state index in [2.05, 4.69) is 0 Å². The minimum absolute atomic E-state index is 0.360. The molecule has 0 spiro atoms. The van der Waals surface area contributed by atoms with E-state index in [1.54, 1.807) is 6.07 Å². The van der Waals surface area contributed by atoms with Crippen molar-refractivity contribution in [1.82, 2.24) is 0 Å². The number of carbonyl (C=O) groups is 1. The monoisotopic (exact) mass is 270 g/mol. The minimum Gasteiger partial charge on any atom is -0.478 e. The number of aryl methyl sites for hydroxylation is 1. The Morgan fingerprint density at radius 2 is 1.85 bits per heavy atom. The lowest BCUT2D eigenvalue weighted by Gasteiger charge is -2.07. The second kappa shape index (κ2) is 6.87. The van der Waals surface area contributed by atoms with Crippen LogP contribution in [0.5, 0.6) is 0 Å². The van der Waals surface area contributed by atoms with E-state index >= 15 is 0 Å². The van der Waals surface area contributed by atoms with E-state index in [1.807, 2.05) is 49.4 Å². The van der Waals surface area contributed by atoms with Gasteiger partial charge in [0.15, 0.2) is 0 Å². The second-order valence-electron chi connectivity index (χ2n) is 4.74. The predicted molar refractivity (Wildman–Crippen MR) is 77.9 cm³/mol. The third-order valence-electron chi connectivity index (χ3n) is 3.17. The fourth-order valence-corrected chi connectivity index (χ4v) is 2.08. The maximum absolute atomic E-state index is 10.9. The van der Waals surface area contributed by atoms with Crippen LogP contribution in [0.1, 0.15) is 27.0 Å². The molecule has 104 valence electrons. The van der Waals surface area contributed by atoms with E-state index in [4.69, 9.17) is 9.84 Å². The summed E-state index contributed by atoms with van der Waals surface area (Å²) in [6, 6.07) is 15.5. The summed E-state index contributed by atoms with van der Waals surface area (Å²) >= 11 is 0. The van der Waals surface area contributed by atoms with E-state index in [-0.39, 0.29) is 0 Å². The predicted octanol–water partition coefficient (Wildman–Crippen LogP) is 3.45. The van der Waals surface area contributed by atoms with Gasteiger partial charge in [-0.15, -0.1) is 0 Å². The Labute approximate surface area is 118 Å². The number of rotatable bonds is 6. The zero-order chi connectivity index (χ0) is 14.4. The van der Waals surface area contributed by atoms with Crippen LogP contribution in [-0.2, 0) is 17.8 Å². The quantitative estimate of drug-likeness (QED) is 0.818. The van der Waals surface area contributed by atoms with Gasteiger partial charge in [0, 0.05) is 0 Å². The Morgan fingerprint density at radius 3 is 2.50 bits per heavy atom. The van der Waals surface area contributed by atoms with Crippen LogP contribution in [0.3, 0.4) is 0 Å². The summed E-state index contributed by atoms with van der Waals surface area (Å²) in [7, 11) is 0. The van der Waals surface area contributed by atoms with E-state index in [1.165, 1.54) is 0 Å². The Balaban J connectivity index is 1.83. The number of hydrogen-bond donors (Lipinski definition) is 1. The van der Waals surface area contributed by atoms with Crippen LogP contribution in [0.15, 0.2) is 48.5 Å². The van der Waals surface area contributed by atoms with E-state index < -0.39 is 5.97 Å². The molecule has 0 aliphatic heterocycles. The van der Waals surface area contributed by atoms with Crippen LogP contribution in [0, 0.1) is 6.92 Å². The molecule has 0 aliphatic carbocycles. The average molecular weight is 270 g/mol. The SMILES string of the molecule is Cc1cc(CCOCc2ccccc2)ccc1C(=O)O. The summed E-state index contributed by atoms with van der Waals surface area (Å²) in [5, 5.41) is 8.97. The van der Waals surface area contributed by atoms with Crippen LogP contribution < -0.4 is 0 Å². The molecule has 0 radical (unpaired) electrons. The second-order valence-corrected chi connectivity index (χ2v) is 4.74. The molecule has 0 amide bonds. The maximum Gasteiger partial charge on any atom is 0.335 e. The van der Waals surface area contributed by atoms with Gasteiger partial charge in [-0.2, -0.15) is 0 Å². The highest BCUT2D eigenvalue weighted by Crippen LogP contribution is 2.12.